The van der Waals surface area contributed by atoms with E-state index in [0.717, 1.165) is 16.1 Å². The van der Waals surface area contributed by atoms with Crippen molar-refractivity contribution in [1.29, 1.82) is 0 Å². The lowest BCUT2D eigenvalue weighted by atomic mass is 10.1. The Morgan fingerprint density at radius 2 is 1.96 bits per heavy atom. The summed E-state index contributed by atoms with van der Waals surface area (Å²) in [6.45, 7) is 1.99. The fraction of sp³-hybridized carbons (Fsp3) is 0.211. The lowest BCUT2D eigenvalue weighted by molar-refractivity contribution is 0.0742. The number of thioether (sulfide) groups is 1. The fourth-order valence-electron chi connectivity index (χ4n) is 2.63. The molecule has 0 aliphatic carbocycles. The smallest absolute Gasteiger partial charge is 0.255 e. The summed E-state index contributed by atoms with van der Waals surface area (Å²) in [5.74, 6) is -0.0984. The summed E-state index contributed by atoms with van der Waals surface area (Å²) in [6.07, 6.45) is 5.12. The highest BCUT2D eigenvalue weighted by Gasteiger charge is 2.21. The van der Waals surface area contributed by atoms with Gasteiger partial charge in [0.2, 0.25) is 0 Å². The van der Waals surface area contributed by atoms with Gasteiger partial charge in [-0.3, -0.25) is 4.79 Å². The second-order valence-electron chi connectivity index (χ2n) is 5.87. The van der Waals surface area contributed by atoms with Crippen molar-refractivity contribution >= 4 is 29.3 Å². The molecule has 0 fully saturated rings. The molecule has 3 aromatic rings. The van der Waals surface area contributed by atoms with E-state index in [-0.39, 0.29) is 11.9 Å². The van der Waals surface area contributed by atoms with Crippen molar-refractivity contribution in [2.24, 2.45) is 0 Å². The van der Waals surface area contributed by atoms with E-state index in [9.17, 15) is 4.79 Å². The summed E-state index contributed by atoms with van der Waals surface area (Å²) in [4.78, 5) is 19.6. The van der Waals surface area contributed by atoms with Gasteiger partial charge in [0.15, 0.2) is 0 Å². The van der Waals surface area contributed by atoms with Crippen LogP contribution >= 0.6 is 23.4 Å². The second kappa shape index (κ2) is 7.93. The predicted octanol–water partition coefficient (Wildman–Crippen LogP) is 4.48. The van der Waals surface area contributed by atoms with Gasteiger partial charge in [-0.25, -0.2) is 9.67 Å². The van der Waals surface area contributed by atoms with Crippen LogP contribution in [0.2, 0.25) is 5.02 Å². The minimum Gasteiger partial charge on any atom is -0.335 e. The molecule has 0 N–H and O–H groups in total. The number of halogens is 1. The first kappa shape index (κ1) is 18.5. The highest BCUT2D eigenvalue weighted by Crippen LogP contribution is 2.27. The van der Waals surface area contributed by atoms with E-state index in [0.29, 0.717) is 10.6 Å². The number of aromatic nitrogens is 3. The zero-order valence-electron chi connectivity index (χ0n) is 14.8. The lowest BCUT2D eigenvalue weighted by Gasteiger charge is -2.26. The van der Waals surface area contributed by atoms with Gasteiger partial charge in [-0.05, 0) is 49.1 Å². The van der Waals surface area contributed by atoms with E-state index in [1.54, 1.807) is 40.8 Å². The maximum Gasteiger partial charge on any atom is 0.255 e. The number of rotatable bonds is 5. The first-order valence-corrected chi connectivity index (χ1v) is 9.67. The van der Waals surface area contributed by atoms with Crippen LogP contribution in [0.1, 0.15) is 28.9 Å². The third-order valence-corrected chi connectivity index (χ3v) is 5.42. The van der Waals surface area contributed by atoms with Gasteiger partial charge in [0.1, 0.15) is 12.7 Å². The minimum atomic E-state index is -0.0984. The standard InChI is InChI=1S/C19H19ClN4OS/c1-13(14-4-6-15(7-5-14)24-12-21-11-22-24)23(2)19(25)17-10-16(26-3)8-9-18(17)20/h4-13H,1-3H3. The Balaban J connectivity index is 1.81. The molecule has 7 heteroatoms. The molecule has 26 heavy (non-hydrogen) atoms. The Morgan fingerprint density at radius 1 is 1.23 bits per heavy atom. The molecule has 1 unspecified atom stereocenters. The van der Waals surface area contributed by atoms with Crippen LogP contribution in [-0.4, -0.2) is 38.9 Å². The van der Waals surface area contributed by atoms with Gasteiger partial charge in [-0.15, -0.1) is 11.8 Å². The van der Waals surface area contributed by atoms with Crippen LogP contribution in [0.15, 0.2) is 60.0 Å². The van der Waals surface area contributed by atoms with Gasteiger partial charge < -0.3 is 4.90 Å². The van der Waals surface area contributed by atoms with E-state index in [2.05, 4.69) is 10.1 Å². The van der Waals surface area contributed by atoms with Gasteiger partial charge in [0, 0.05) is 11.9 Å². The molecule has 0 spiro atoms. The van der Waals surface area contributed by atoms with Gasteiger partial charge in [-0.1, -0.05) is 23.7 Å². The van der Waals surface area contributed by atoms with Crippen LogP contribution in [0.5, 0.6) is 0 Å². The van der Waals surface area contributed by atoms with Crippen LogP contribution in [0.4, 0.5) is 0 Å². The second-order valence-corrected chi connectivity index (χ2v) is 7.16. The summed E-state index contributed by atoms with van der Waals surface area (Å²) in [5, 5.41) is 4.58. The molecule has 3 rings (SSSR count). The van der Waals surface area contributed by atoms with Crippen LogP contribution in [0.3, 0.4) is 0 Å². The summed E-state index contributed by atoms with van der Waals surface area (Å²) >= 11 is 7.83. The van der Waals surface area contributed by atoms with E-state index < -0.39 is 0 Å². The third kappa shape index (κ3) is 3.76. The fourth-order valence-corrected chi connectivity index (χ4v) is 3.27. The first-order chi connectivity index (χ1) is 12.5. The number of hydrogen-bond acceptors (Lipinski definition) is 4. The van der Waals surface area contributed by atoms with E-state index in [4.69, 9.17) is 11.6 Å². The van der Waals surface area contributed by atoms with Crippen LogP contribution in [-0.2, 0) is 0 Å². The summed E-state index contributed by atoms with van der Waals surface area (Å²) in [7, 11) is 1.79. The Bertz CT molecular complexity index is 896. The largest absolute Gasteiger partial charge is 0.335 e. The quantitative estimate of drug-likeness (QED) is 0.607. The summed E-state index contributed by atoms with van der Waals surface area (Å²) < 4.78 is 1.69. The van der Waals surface area contributed by atoms with Gasteiger partial charge in [-0.2, -0.15) is 5.10 Å². The van der Waals surface area contributed by atoms with E-state index >= 15 is 0 Å². The molecule has 5 nitrogen and oxygen atoms in total. The Morgan fingerprint density at radius 3 is 2.58 bits per heavy atom. The van der Waals surface area contributed by atoms with Gasteiger partial charge in [0.25, 0.3) is 5.91 Å². The van der Waals surface area contributed by atoms with Crippen molar-refractivity contribution < 1.29 is 4.79 Å². The zero-order valence-corrected chi connectivity index (χ0v) is 16.3. The molecular weight excluding hydrogens is 368 g/mol. The van der Waals surface area contributed by atoms with Crippen molar-refractivity contribution in [1.82, 2.24) is 19.7 Å². The zero-order chi connectivity index (χ0) is 18.7. The molecule has 0 saturated heterocycles. The molecule has 0 saturated carbocycles. The van der Waals surface area contributed by atoms with Crippen LogP contribution < -0.4 is 0 Å². The molecular formula is C19H19ClN4OS. The van der Waals surface area contributed by atoms with Crippen molar-refractivity contribution in [3.8, 4) is 5.69 Å². The Hall–Kier alpha value is -2.31. The molecule has 0 aliphatic rings. The minimum absolute atomic E-state index is 0.0960. The molecule has 0 aliphatic heterocycles. The van der Waals surface area contributed by atoms with Crippen molar-refractivity contribution in [2.75, 3.05) is 13.3 Å². The molecule has 1 atom stereocenters. The molecule has 134 valence electrons. The highest BCUT2D eigenvalue weighted by molar-refractivity contribution is 7.98. The summed E-state index contributed by atoms with van der Waals surface area (Å²) in [6, 6.07) is 13.3. The average molecular weight is 387 g/mol. The van der Waals surface area contributed by atoms with Crippen molar-refractivity contribution in [3.63, 3.8) is 0 Å². The molecule has 0 bridgehead atoms. The third-order valence-electron chi connectivity index (χ3n) is 4.36. The average Bonchev–Trinajstić information content (AvgIpc) is 3.21. The lowest BCUT2D eigenvalue weighted by Crippen LogP contribution is -2.30. The molecule has 2 aromatic carbocycles. The Kier molecular flexibility index (Phi) is 5.64. The molecule has 0 radical (unpaired) electrons. The Labute approximate surface area is 162 Å². The molecule has 1 amide bonds. The van der Waals surface area contributed by atoms with Crippen molar-refractivity contribution in [2.45, 2.75) is 17.9 Å². The molecule has 1 aromatic heterocycles. The van der Waals surface area contributed by atoms with Crippen LogP contribution in [0.25, 0.3) is 5.69 Å². The monoisotopic (exact) mass is 386 g/mol. The maximum absolute atomic E-state index is 12.9. The number of hydrogen-bond donors (Lipinski definition) is 0. The van der Waals surface area contributed by atoms with E-state index in [1.165, 1.54) is 6.33 Å². The van der Waals surface area contributed by atoms with E-state index in [1.807, 2.05) is 49.6 Å². The van der Waals surface area contributed by atoms with Crippen molar-refractivity contribution in [3.05, 3.63) is 71.3 Å². The van der Waals surface area contributed by atoms with Gasteiger partial charge >= 0.3 is 0 Å². The number of carbonyl (C=O) groups is 1. The maximum atomic E-state index is 12.9. The van der Waals surface area contributed by atoms with Crippen LogP contribution in [0, 0.1) is 0 Å². The highest BCUT2D eigenvalue weighted by atomic mass is 35.5. The van der Waals surface area contributed by atoms with Gasteiger partial charge in [0.05, 0.1) is 22.3 Å². The normalized spacial score (nSPS) is 12.0. The summed E-state index contributed by atoms with van der Waals surface area (Å²) in [5.41, 5.74) is 2.47. The topological polar surface area (TPSA) is 51.0 Å². The number of nitrogens with zero attached hydrogens (tertiary/aromatic N) is 4. The number of amides is 1. The predicted molar refractivity (Wildman–Crippen MR) is 105 cm³/mol. The number of carbonyl (C=O) groups excluding carboxylic acids is 1. The molecule has 1 heterocycles. The SMILES string of the molecule is CSc1ccc(Cl)c(C(=O)N(C)C(C)c2ccc(-n3cncn3)cc2)c1. The number of benzene rings is 2. The first-order valence-electron chi connectivity index (χ1n) is 8.07.